The molecule has 1 aromatic rings. The van der Waals surface area contributed by atoms with E-state index >= 15 is 0 Å². The molecule has 0 aliphatic heterocycles. The fourth-order valence-electron chi connectivity index (χ4n) is 1.96. The molecule has 0 unspecified atom stereocenters. The number of hydrogen-bond acceptors (Lipinski definition) is 4. The van der Waals surface area contributed by atoms with Crippen LogP contribution in [0.5, 0.6) is 0 Å². The molecule has 0 aliphatic carbocycles. The minimum absolute atomic E-state index is 0. The summed E-state index contributed by atoms with van der Waals surface area (Å²) in [4.78, 5) is 6.85. The maximum absolute atomic E-state index is 5.08. The average Bonchev–Trinajstić information content (AvgIpc) is 2.83. The van der Waals surface area contributed by atoms with Gasteiger partial charge in [0.2, 0.25) is 0 Å². The molecule has 134 valence electrons. The van der Waals surface area contributed by atoms with Crippen LogP contribution in [0.1, 0.15) is 37.8 Å². The number of unbranched alkanes of at least 4 members (excludes halogenated alkanes) is 1. The largest absolute Gasteiger partial charge is 0.385 e. The van der Waals surface area contributed by atoms with E-state index in [1.807, 2.05) is 18.5 Å². The molecule has 0 fully saturated rings. The van der Waals surface area contributed by atoms with Crippen molar-refractivity contribution in [2.75, 3.05) is 33.9 Å². The second-order valence-electron chi connectivity index (χ2n) is 5.41. The summed E-state index contributed by atoms with van der Waals surface area (Å²) in [5.41, 5.74) is 0. The first-order valence-electron chi connectivity index (χ1n) is 7.93. The summed E-state index contributed by atoms with van der Waals surface area (Å²) in [6.07, 6.45) is 3.28. The maximum Gasteiger partial charge on any atom is 0.194 e. The number of aliphatic imine (C=N–C) groups is 1. The Kier molecular flexibility index (Phi) is 12.0. The summed E-state index contributed by atoms with van der Waals surface area (Å²) in [5.74, 6) is 2.68. The monoisotopic (exact) mass is 438 g/mol. The van der Waals surface area contributed by atoms with Crippen LogP contribution in [-0.4, -0.2) is 59.5 Å². The van der Waals surface area contributed by atoms with Crippen LogP contribution in [0.4, 0.5) is 0 Å². The van der Waals surface area contributed by atoms with Crippen molar-refractivity contribution < 1.29 is 4.74 Å². The highest BCUT2D eigenvalue weighted by molar-refractivity contribution is 14.0. The van der Waals surface area contributed by atoms with Crippen molar-refractivity contribution in [2.45, 2.75) is 39.7 Å². The van der Waals surface area contributed by atoms with Crippen LogP contribution in [0.25, 0.3) is 0 Å². The molecule has 0 saturated heterocycles. The Hall–Kier alpha value is -0.900. The van der Waals surface area contributed by atoms with Crippen molar-refractivity contribution in [1.82, 2.24) is 25.0 Å². The summed E-state index contributed by atoms with van der Waals surface area (Å²) in [6, 6.07) is 0. The van der Waals surface area contributed by atoms with E-state index in [4.69, 9.17) is 4.74 Å². The number of hydrogen-bond donors (Lipinski definition) is 1. The van der Waals surface area contributed by atoms with Gasteiger partial charge in [-0.3, -0.25) is 0 Å². The number of nitrogens with one attached hydrogen (secondary N) is 1. The highest BCUT2D eigenvalue weighted by Gasteiger charge is 2.08. The van der Waals surface area contributed by atoms with E-state index < -0.39 is 0 Å². The smallest absolute Gasteiger partial charge is 0.194 e. The number of nitrogens with zero attached hydrogens (tertiary/aromatic N) is 5. The quantitative estimate of drug-likeness (QED) is 0.276. The fraction of sp³-hybridized carbons (Fsp3) is 0.800. The summed E-state index contributed by atoms with van der Waals surface area (Å²) >= 11 is 0. The summed E-state index contributed by atoms with van der Waals surface area (Å²) < 4.78 is 7.05. The molecular weight excluding hydrogens is 407 g/mol. The first-order chi connectivity index (χ1) is 10.6. The van der Waals surface area contributed by atoms with Gasteiger partial charge in [0.25, 0.3) is 0 Å². The third kappa shape index (κ3) is 7.96. The number of aromatic nitrogens is 3. The highest BCUT2D eigenvalue weighted by Crippen LogP contribution is 2.01. The van der Waals surface area contributed by atoms with Gasteiger partial charge in [-0.05, 0) is 19.8 Å². The predicted molar refractivity (Wildman–Crippen MR) is 104 cm³/mol. The van der Waals surface area contributed by atoms with E-state index in [0.717, 1.165) is 50.1 Å². The number of methoxy groups -OCH3 is 1. The zero-order chi connectivity index (χ0) is 16.4. The van der Waals surface area contributed by atoms with Crippen molar-refractivity contribution in [3.63, 3.8) is 0 Å². The fourth-order valence-corrected chi connectivity index (χ4v) is 1.96. The first kappa shape index (κ1) is 22.1. The van der Waals surface area contributed by atoms with Gasteiger partial charge >= 0.3 is 0 Å². The van der Waals surface area contributed by atoms with Crippen LogP contribution in [0.2, 0.25) is 0 Å². The zero-order valence-electron chi connectivity index (χ0n) is 15.0. The second kappa shape index (κ2) is 12.5. The summed E-state index contributed by atoms with van der Waals surface area (Å²) in [7, 11) is 5.76. The van der Waals surface area contributed by atoms with Crippen molar-refractivity contribution in [3.8, 4) is 0 Å². The van der Waals surface area contributed by atoms with Gasteiger partial charge in [0.05, 0.1) is 0 Å². The van der Waals surface area contributed by atoms with Gasteiger partial charge in [-0.1, -0.05) is 13.3 Å². The zero-order valence-corrected chi connectivity index (χ0v) is 17.3. The van der Waals surface area contributed by atoms with Gasteiger partial charge in [-0.25, -0.2) is 4.99 Å². The Morgan fingerprint density at radius 2 is 2.09 bits per heavy atom. The molecule has 7 nitrogen and oxygen atoms in total. The Labute approximate surface area is 156 Å². The van der Waals surface area contributed by atoms with E-state index in [2.05, 4.69) is 39.4 Å². The van der Waals surface area contributed by atoms with Gasteiger partial charge in [-0.15, -0.1) is 34.2 Å². The second-order valence-corrected chi connectivity index (χ2v) is 5.41. The minimum atomic E-state index is 0. The predicted octanol–water partition coefficient (Wildman–Crippen LogP) is 1.96. The number of aryl methyl sites for hydroxylation is 1. The SMILES string of the molecule is CCCCN(C)C(=NCc1nnc(C)n1C)NCCCOC.I. The topological polar surface area (TPSA) is 67.6 Å². The van der Waals surface area contributed by atoms with Crippen LogP contribution >= 0.6 is 24.0 Å². The van der Waals surface area contributed by atoms with Crippen molar-refractivity contribution >= 4 is 29.9 Å². The van der Waals surface area contributed by atoms with Crippen molar-refractivity contribution in [1.29, 1.82) is 0 Å². The molecule has 0 spiro atoms. The molecule has 0 radical (unpaired) electrons. The van der Waals surface area contributed by atoms with Crippen molar-refractivity contribution in [2.24, 2.45) is 12.0 Å². The lowest BCUT2D eigenvalue weighted by atomic mass is 10.3. The Morgan fingerprint density at radius 3 is 2.65 bits per heavy atom. The van der Waals surface area contributed by atoms with E-state index in [9.17, 15) is 0 Å². The molecule has 0 aromatic carbocycles. The third-order valence-corrected chi connectivity index (χ3v) is 3.57. The van der Waals surface area contributed by atoms with E-state index in [1.54, 1.807) is 7.11 Å². The molecular formula is C15H31IN6O. The Balaban J connectivity index is 0.00000484. The minimum Gasteiger partial charge on any atom is -0.385 e. The maximum atomic E-state index is 5.08. The molecule has 1 rings (SSSR count). The van der Waals surface area contributed by atoms with Crippen LogP contribution in [0.15, 0.2) is 4.99 Å². The number of ether oxygens (including phenoxy) is 1. The van der Waals surface area contributed by atoms with E-state index in [-0.39, 0.29) is 24.0 Å². The summed E-state index contributed by atoms with van der Waals surface area (Å²) in [5, 5.41) is 11.6. The van der Waals surface area contributed by atoms with Gasteiger partial charge in [0.15, 0.2) is 11.8 Å². The van der Waals surface area contributed by atoms with E-state index in [0.29, 0.717) is 6.54 Å². The average molecular weight is 438 g/mol. The standard InChI is InChI=1S/C15H30N6O.HI/c1-6-7-10-20(3)15(16-9-8-11-22-5)17-12-14-19-18-13(2)21(14)4;/h6-12H2,1-5H3,(H,16,17);1H. The van der Waals surface area contributed by atoms with Crippen LogP contribution in [0.3, 0.4) is 0 Å². The lowest BCUT2D eigenvalue weighted by Gasteiger charge is -2.22. The Morgan fingerprint density at radius 1 is 1.35 bits per heavy atom. The van der Waals surface area contributed by atoms with Crippen molar-refractivity contribution in [3.05, 3.63) is 11.6 Å². The molecule has 1 aromatic heterocycles. The molecule has 1 N–H and O–H groups in total. The highest BCUT2D eigenvalue weighted by atomic mass is 127. The van der Waals surface area contributed by atoms with Crippen LogP contribution < -0.4 is 5.32 Å². The molecule has 0 aliphatic rings. The van der Waals surface area contributed by atoms with Gasteiger partial charge in [0.1, 0.15) is 12.4 Å². The Bertz CT molecular complexity index is 463. The first-order valence-corrected chi connectivity index (χ1v) is 7.93. The lowest BCUT2D eigenvalue weighted by Crippen LogP contribution is -2.40. The molecule has 0 amide bonds. The van der Waals surface area contributed by atoms with E-state index in [1.165, 1.54) is 6.42 Å². The lowest BCUT2D eigenvalue weighted by molar-refractivity contribution is 0.195. The molecule has 0 atom stereocenters. The number of rotatable bonds is 9. The van der Waals surface area contributed by atoms with Gasteiger partial charge in [-0.2, -0.15) is 0 Å². The third-order valence-electron chi connectivity index (χ3n) is 3.57. The van der Waals surface area contributed by atoms with Gasteiger partial charge in [0, 0.05) is 40.9 Å². The number of guanidine groups is 1. The summed E-state index contributed by atoms with van der Waals surface area (Å²) in [6.45, 7) is 7.25. The van der Waals surface area contributed by atoms with Gasteiger partial charge < -0.3 is 19.5 Å². The molecule has 1 heterocycles. The molecule has 8 heteroatoms. The molecule has 0 bridgehead atoms. The molecule has 23 heavy (non-hydrogen) atoms. The normalized spacial score (nSPS) is 11.3. The van der Waals surface area contributed by atoms with Crippen LogP contribution in [0, 0.1) is 6.92 Å². The molecule has 0 saturated carbocycles. The number of halogens is 1. The van der Waals surface area contributed by atoms with Crippen LogP contribution in [-0.2, 0) is 18.3 Å².